The zero-order valence-electron chi connectivity index (χ0n) is 14.4. The Hall–Kier alpha value is -2.53. The molecule has 5 nitrogen and oxygen atoms in total. The van der Waals surface area contributed by atoms with Gasteiger partial charge in [-0.3, -0.25) is 0 Å². The number of hydrogen-bond acceptors (Lipinski definition) is 4. The van der Waals surface area contributed by atoms with Gasteiger partial charge in [-0.25, -0.2) is 9.97 Å². The van der Waals surface area contributed by atoms with Crippen molar-refractivity contribution in [3.05, 3.63) is 11.5 Å². The normalized spacial score (nSPS) is 10.6. The molecule has 0 amide bonds. The van der Waals surface area contributed by atoms with E-state index in [4.69, 9.17) is 18.6 Å². The zero-order valence-corrected chi connectivity index (χ0v) is 14.4. The second-order valence-corrected chi connectivity index (χ2v) is 5.95. The van der Waals surface area contributed by atoms with Crippen molar-refractivity contribution in [2.24, 2.45) is 0 Å². The minimum atomic E-state index is 0.149. The van der Waals surface area contributed by atoms with Crippen LogP contribution >= 0.6 is 0 Å². The molecule has 0 aromatic carbocycles. The van der Waals surface area contributed by atoms with Crippen LogP contribution in [0.25, 0.3) is 11.2 Å². The fraction of sp³-hybridized carbons (Fsp3) is 0.526. The summed E-state index contributed by atoms with van der Waals surface area (Å²) in [5.74, 6) is 5.79. The van der Waals surface area contributed by atoms with Crippen LogP contribution in [0.15, 0.2) is 0 Å². The predicted molar refractivity (Wildman–Crippen MR) is 98.2 cm³/mol. The Labute approximate surface area is 144 Å². The summed E-state index contributed by atoms with van der Waals surface area (Å²) in [6.07, 6.45) is 21.1. The largest absolute Gasteiger partial charge is 0.368 e. The number of unbranched alkanes of at least 4 members (excludes halogenated alkanes) is 7. The molecule has 2 rings (SSSR count). The summed E-state index contributed by atoms with van der Waals surface area (Å²) >= 11 is 0. The van der Waals surface area contributed by atoms with E-state index in [1.54, 1.807) is 0 Å². The summed E-state index contributed by atoms with van der Waals surface area (Å²) in [6.45, 7) is 3.01. The lowest BCUT2D eigenvalue weighted by Crippen LogP contribution is -2.05. The number of nitrogens with two attached hydrogens (primary N) is 1. The average Bonchev–Trinajstić information content (AvgIpc) is 2.94. The first kappa shape index (κ1) is 17.8. The number of terminal acetylenes is 2. The molecule has 126 valence electrons. The Morgan fingerprint density at radius 3 is 2.21 bits per heavy atom. The van der Waals surface area contributed by atoms with Gasteiger partial charge in [0.2, 0.25) is 5.95 Å². The SMILES string of the molecule is C#Cc1nc(N)nc2c1nc(C#C)n2CCCCCCCCCC. The van der Waals surface area contributed by atoms with Gasteiger partial charge in [0.1, 0.15) is 11.2 Å². The van der Waals surface area contributed by atoms with Gasteiger partial charge < -0.3 is 10.3 Å². The van der Waals surface area contributed by atoms with Gasteiger partial charge in [0, 0.05) is 6.54 Å². The summed E-state index contributed by atoms with van der Waals surface area (Å²) in [5.41, 5.74) is 7.32. The van der Waals surface area contributed by atoms with Crippen molar-refractivity contribution >= 4 is 17.1 Å². The first-order valence-electron chi connectivity index (χ1n) is 8.68. The highest BCUT2D eigenvalue weighted by molar-refractivity contribution is 5.79. The predicted octanol–water partition coefficient (Wildman–Crippen LogP) is 3.51. The minimum absolute atomic E-state index is 0.149. The van der Waals surface area contributed by atoms with E-state index in [0.717, 1.165) is 13.0 Å². The Kier molecular flexibility index (Phi) is 6.63. The molecule has 24 heavy (non-hydrogen) atoms. The summed E-state index contributed by atoms with van der Waals surface area (Å²) in [6, 6.07) is 0. The second kappa shape index (κ2) is 8.93. The Morgan fingerprint density at radius 1 is 0.917 bits per heavy atom. The zero-order chi connectivity index (χ0) is 17.4. The molecule has 0 aliphatic rings. The first-order valence-corrected chi connectivity index (χ1v) is 8.68. The number of imidazole rings is 1. The molecular formula is C19H25N5. The van der Waals surface area contributed by atoms with Crippen LogP contribution in [-0.4, -0.2) is 19.5 Å². The molecule has 0 bridgehead atoms. The van der Waals surface area contributed by atoms with E-state index >= 15 is 0 Å². The molecule has 0 saturated heterocycles. The van der Waals surface area contributed by atoms with Gasteiger partial charge >= 0.3 is 0 Å². The van der Waals surface area contributed by atoms with Crippen molar-refractivity contribution in [3.63, 3.8) is 0 Å². The monoisotopic (exact) mass is 323 g/mol. The van der Waals surface area contributed by atoms with Crippen LogP contribution in [0.5, 0.6) is 0 Å². The van der Waals surface area contributed by atoms with Crippen LogP contribution < -0.4 is 5.73 Å². The van der Waals surface area contributed by atoms with Gasteiger partial charge in [-0.15, -0.1) is 12.8 Å². The lowest BCUT2D eigenvalue weighted by molar-refractivity contribution is 0.545. The topological polar surface area (TPSA) is 69.6 Å². The van der Waals surface area contributed by atoms with E-state index < -0.39 is 0 Å². The number of hydrogen-bond donors (Lipinski definition) is 1. The fourth-order valence-corrected chi connectivity index (χ4v) is 2.84. The smallest absolute Gasteiger partial charge is 0.223 e. The fourth-order valence-electron chi connectivity index (χ4n) is 2.84. The molecule has 0 atom stereocenters. The first-order chi connectivity index (χ1) is 11.7. The number of aromatic nitrogens is 4. The summed E-state index contributed by atoms with van der Waals surface area (Å²) < 4.78 is 1.92. The maximum atomic E-state index is 5.74. The highest BCUT2D eigenvalue weighted by atomic mass is 15.2. The van der Waals surface area contributed by atoms with Gasteiger partial charge in [0.05, 0.1) is 0 Å². The Bertz CT molecular complexity index is 761. The third-order valence-corrected chi connectivity index (χ3v) is 4.11. The third kappa shape index (κ3) is 4.26. The van der Waals surface area contributed by atoms with Crippen LogP contribution in [0.4, 0.5) is 5.95 Å². The van der Waals surface area contributed by atoms with Gasteiger partial charge in [0.15, 0.2) is 11.5 Å². The van der Waals surface area contributed by atoms with Crippen molar-refractivity contribution in [3.8, 4) is 24.7 Å². The second-order valence-electron chi connectivity index (χ2n) is 5.95. The number of aryl methyl sites for hydroxylation is 1. The average molecular weight is 323 g/mol. The van der Waals surface area contributed by atoms with E-state index in [1.165, 1.54) is 44.9 Å². The van der Waals surface area contributed by atoms with E-state index in [0.29, 0.717) is 22.7 Å². The number of anilines is 1. The van der Waals surface area contributed by atoms with Crippen molar-refractivity contribution in [1.29, 1.82) is 0 Å². The molecule has 2 aromatic heterocycles. The molecule has 5 heteroatoms. The summed E-state index contributed by atoms with van der Waals surface area (Å²) in [4.78, 5) is 12.7. The van der Waals surface area contributed by atoms with Crippen LogP contribution in [0.1, 0.15) is 69.8 Å². The van der Waals surface area contributed by atoms with E-state index in [2.05, 4.69) is 33.7 Å². The van der Waals surface area contributed by atoms with E-state index in [9.17, 15) is 0 Å². The van der Waals surface area contributed by atoms with E-state index in [-0.39, 0.29) is 5.95 Å². The molecule has 2 heterocycles. The van der Waals surface area contributed by atoms with Crippen LogP contribution in [0.2, 0.25) is 0 Å². The molecule has 0 unspecified atom stereocenters. The van der Waals surface area contributed by atoms with Crippen LogP contribution in [0, 0.1) is 24.7 Å². The minimum Gasteiger partial charge on any atom is -0.368 e. The molecule has 0 aliphatic heterocycles. The van der Waals surface area contributed by atoms with Crippen molar-refractivity contribution in [2.75, 3.05) is 5.73 Å². The molecule has 0 fully saturated rings. The number of nitrogen functional groups attached to an aromatic ring is 1. The van der Waals surface area contributed by atoms with E-state index in [1.807, 2.05) is 4.57 Å². The lowest BCUT2D eigenvalue weighted by atomic mass is 10.1. The quantitative estimate of drug-likeness (QED) is 0.566. The Balaban J connectivity index is 2.00. The molecule has 0 saturated carbocycles. The summed E-state index contributed by atoms with van der Waals surface area (Å²) in [7, 11) is 0. The molecule has 0 aliphatic carbocycles. The lowest BCUT2D eigenvalue weighted by Gasteiger charge is -2.06. The molecule has 0 spiro atoms. The Morgan fingerprint density at radius 2 is 1.58 bits per heavy atom. The van der Waals surface area contributed by atoms with Gasteiger partial charge in [-0.2, -0.15) is 4.98 Å². The highest BCUT2D eigenvalue weighted by Gasteiger charge is 2.15. The molecule has 2 aromatic rings. The molecule has 2 N–H and O–H groups in total. The van der Waals surface area contributed by atoms with Gasteiger partial charge in [-0.1, -0.05) is 51.9 Å². The molecule has 0 radical (unpaired) electrons. The maximum absolute atomic E-state index is 5.74. The van der Waals surface area contributed by atoms with Crippen LogP contribution in [0.3, 0.4) is 0 Å². The number of fused-ring (bicyclic) bond motifs is 1. The third-order valence-electron chi connectivity index (χ3n) is 4.11. The maximum Gasteiger partial charge on any atom is 0.223 e. The van der Waals surface area contributed by atoms with Gasteiger partial charge in [-0.05, 0) is 18.3 Å². The number of nitrogens with zero attached hydrogens (tertiary/aromatic N) is 4. The van der Waals surface area contributed by atoms with Crippen molar-refractivity contribution in [2.45, 2.75) is 64.8 Å². The standard InChI is InChI=1S/C19H25N5/c1-4-7-8-9-10-11-12-13-14-24-16(6-3)22-17-15(5-2)21-19(20)23-18(17)24/h2-3H,4,7-14H2,1H3,(H2,20,21,23). The van der Waals surface area contributed by atoms with Crippen LogP contribution in [-0.2, 0) is 6.54 Å². The van der Waals surface area contributed by atoms with Gasteiger partial charge in [0.25, 0.3) is 0 Å². The summed E-state index contributed by atoms with van der Waals surface area (Å²) in [5, 5.41) is 0. The molecular weight excluding hydrogens is 298 g/mol. The van der Waals surface area contributed by atoms with Crippen molar-refractivity contribution in [1.82, 2.24) is 19.5 Å². The van der Waals surface area contributed by atoms with Crippen molar-refractivity contribution < 1.29 is 0 Å². The highest BCUT2D eigenvalue weighted by Crippen LogP contribution is 2.19. The number of rotatable bonds is 9.